The molecular weight excluding hydrogens is 286 g/mol. The van der Waals surface area contributed by atoms with E-state index in [4.69, 9.17) is 4.74 Å². The summed E-state index contributed by atoms with van der Waals surface area (Å²) in [6.07, 6.45) is 3.69. The predicted molar refractivity (Wildman–Crippen MR) is 85.5 cm³/mol. The van der Waals surface area contributed by atoms with Crippen molar-refractivity contribution >= 4 is 22.7 Å². The molecule has 0 heterocycles. The maximum atomic E-state index is 12.2. The molecule has 2 fully saturated rings. The first-order valence-corrected chi connectivity index (χ1v) is 9.00. The molecule has 120 valence electrons. The van der Waals surface area contributed by atoms with Gasteiger partial charge in [0.15, 0.2) is 0 Å². The van der Waals surface area contributed by atoms with Crippen LogP contribution < -0.4 is 0 Å². The summed E-state index contributed by atoms with van der Waals surface area (Å²) in [7, 11) is -1.20. The van der Waals surface area contributed by atoms with Gasteiger partial charge < -0.3 is 4.74 Å². The third-order valence-corrected chi connectivity index (χ3v) is 5.66. The van der Waals surface area contributed by atoms with Crippen molar-refractivity contribution < 1.29 is 13.7 Å². The van der Waals surface area contributed by atoms with E-state index in [-0.39, 0.29) is 22.7 Å². The molecule has 3 atom stereocenters. The maximum Gasteiger partial charge on any atom is 0.309 e. The molecule has 2 bridgehead atoms. The smallest absolute Gasteiger partial charge is 0.309 e. The van der Waals surface area contributed by atoms with E-state index in [2.05, 4.69) is 4.40 Å². The van der Waals surface area contributed by atoms with Crippen molar-refractivity contribution in [3.8, 4) is 0 Å². The fourth-order valence-corrected chi connectivity index (χ4v) is 3.96. The van der Waals surface area contributed by atoms with E-state index in [1.54, 1.807) is 0 Å². The largest absolute Gasteiger partial charge is 0.463 e. The molecule has 21 heavy (non-hydrogen) atoms. The summed E-state index contributed by atoms with van der Waals surface area (Å²) in [4.78, 5) is 12.1. The van der Waals surface area contributed by atoms with Crippen molar-refractivity contribution in [2.45, 2.75) is 71.2 Å². The molecule has 3 unspecified atom stereocenters. The molecule has 2 saturated carbocycles. The van der Waals surface area contributed by atoms with Gasteiger partial charge in [-0.2, -0.15) is 4.40 Å². The average Bonchev–Trinajstić information content (AvgIpc) is 2.59. The summed E-state index contributed by atoms with van der Waals surface area (Å²) < 4.78 is 21.8. The van der Waals surface area contributed by atoms with Crippen molar-refractivity contribution in [3.05, 3.63) is 0 Å². The summed E-state index contributed by atoms with van der Waals surface area (Å²) in [5, 5.41) is 0. The lowest BCUT2D eigenvalue weighted by molar-refractivity contribution is -0.153. The first-order valence-electron chi connectivity index (χ1n) is 7.89. The molecule has 0 saturated heterocycles. The van der Waals surface area contributed by atoms with Crippen LogP contribution in [0.2, 0.25) is 0 Å². The van der Waals surface area contributed by atoms with Gasteiger partial charge in [0.2, 0.25) is 0 Å². The lowest BCUT2D eigenvalue weighted by atomic mass is 9.79. The van der Waals surface area contributed by atoms with Gasteiger partial charge in [-0.3, -0.25) is 4.79 Å². The van der Waals surface area contributed by atoms with E-state index in [0.717, 1.165) is 31.4 Å². The summed E-state index contributed by atoms with van der Waals surface area (Å²) in [5.41, 5.74) is 1.09. The summed E-state index contributed by atoms with van der Waals surface area (Å²) in [6.45, 7) is 9.60. The van der Waals surface area contributed by atoms with Crippen LogP contribution >= 0.6 is 0 Å². The highest BCUT2D eigenvalue weighted by molar-refractivity contribution is 7.85. The molecular formula is C16H27NO3S. The second kappa shape index (κ2) is 6.19. The van der Waals surface area contributed by atoms with Gasteiger partial charge in [0.1, 0.15) is 11.0 Å². The third kappa shape index (κ3) is 3.93. The Labute approximate surface area is 130 Å². The quantitative estimate of drug-likeness (QED) is 0.751. The van der Waals surface area contributed by atoms with Gasteiger partial charge in [-0.25, -0.2) is 4.21 Å². The van der Waals surface area contributed by atoms with E-state index in [0.29, 0.717) is 11.8 Å². The van der Waals surface area contributed by atoms with Crippen LogP contribution in [0.5, 0.6) is 0 Å². The minimum atomic E-state index is -1.20. The van der Waals surface area contributed by atoms with Crippen molar-refractivity contribution in [2.75, 3.05) is 0 Å². The van der Waals surface area contributed by atoms with Crippen LogP contribution in [0.25, 0.3) is 0 Å². The van der Waals surface area contributed by atoms with E-state index in [1.807, 2.05) is 34.6 Å². The topological polar surface area (TPSA) is 55.7 Å². The number of carbonyl (C=O) groups excluding carboxylic acids is 1. The number of hydrogen-bond acceptors (Lipinski definition) is 3. The molecule has 2 rings (SSSR count). The van der Waals surface area contributed by atoms with E-state index in [9.17, 15) is 9.00 Å². The molecule has 0 aromatic rings. The lowest BCUT2D eigenvalue weighted by Gasteiger charge is -2.29. The van der Waals surface area contributed by atoms with E-state index >= 15 is 0 Å². The Morgan fingerprint density at radius 1 is 1.24 bits per heavy atom. The fraction of sp³-hybridized carbons (Fsp3) is 0.875. The van der Waals surface area contributed by atoms with Crippen molar-refractivity contribution in [3.63, 3.8) is 0 Å². The molecule has 0 aromatic heterocycles. The Bertz CT molecular complexity index is 449. The summed E-state index contributed by atoms with van der Waals surface area (Å²) >= 11 is 0. The molecule has 2 aliphatic carbocycles. The number of fused-ring (bicyclic) bond motifs is 2. The van der Waals surface area contributed by atoms with Crippen LogP contribution in [0.15, 0.2) is 4.40 Å². The zero-order valence-corrected chi connectivity index (χ0v) is 14.5. The summed E-state index contributed by atoms with van der Waals surface area (Å²) in [6, 6.07) is 0. The van der Waals surface area contributed by atoms with Crippen LogP contribution in [0, 0.1) is 17.8 Å². The van der Waals surface area contributed by atoms with Crippen molar-refractivity contribution in [2.24, 2.45) is 22.2 Å². The molecule has 0 aromatic carbocycles. The van der Waals surface area contributed by atoms with Gasteiger partial charge in [0, 0.05) is 5.71 Å². The van der Waals surface area contributed by atoms with Gasteiger partial charge in [-0.15, -0.1) is 0 Å². The number of esters is 1. The molecule has 0 amide bonds. The minimum Gasteiger partial charge on any atom is -0.463 e. The Kier molecular flexibility index (Phi) is 4.91. The van der Waals surface area contributed by atoms with Gasteiger partial charge in [-0.1, -0.05) is 0 Å². The van der Waals surface area contributed by atoms with Crippen LogP contribution in [0.1, 0.15) is 60.3 Å². The first-order chi connectivity index (χ1) is 9.68. The molecule has 0 aliphatic heterocycles. The normalized spacial score (nSPS) is 30.4. The maximum absolute atomic E-state index is 12.2. The minimum absolute atomic E-state index is 0.00748. The Hall–Kier alpha value is -0.710. The molecule has 0 N–H and O–H groups in total. The van der Waals surface area contributed by atoms with Gasteiger partial charge in [0.05, 0.1) is 16.8 Å². The second-order valence-electron chi connectivity index (χ2n) is 7.50. The fourth-order valence-electron chi connectivity index (χ4n) is 3.19. The van der Waals surface area contributed by atoms with Crippen LogP contribution in [0.4, 0.5) is 0 Å². The zero-order chi connectivity index (χ0) is 15.8. The van der Waals surface area contributed by atoms with E-state index < -0.39 is 11.0 Å². The van der Waals surface area contributed by atoms with E-state index in [1.165, 1.54) is 0 Å². The van der Waals surface area contributed by atoms with Crippen LogP contribution in [-0.2, 0) is 20.5 Å². The first kappa shape index (κ1) is 16.7. The Balaban J connectivity index is 2.08. The second-order valence-corrected chi connectivity index (χ2v) is 9.41. The van der Waals surface area contributed by atoms with Crippen molar-refractivity contribution in [1.29, 1.82) is 0 Å². The SMILES string of the molecule is CC(C)OC(=O)C1CC2CCC(C1)C2=NS(=O)C(C)(C)C. The molecule has 2 aliphatic rings. The molecule has 5 heteroatoms. The molecule has 0 spiro atoms. The lowest BCUT2D eigenvalue weighted by Crippen LogP contribution is -2.33. The molecule has 0 radical (unpaired) electrons. The summed E-state index contributed by atoms with van der Waals surface area (Å²) in [5.74, 6) is 0.560. The predicted octanol–water partition coefficient (Wildman–Crippen LogP) is 3.28. The van der Waals surface area contributed by atoms with Gasteiger partial charge in [0.25, 0.3) is 0 Å². The Morgan fingerprint density at radius 3 is 2.19 bits per heavy atom. The number of carbonyl (C=O) groups is 1. The molecule has 4 nitrogen and oxygen atoms in total. The third-order valence-electron chi connectivity index (χ3n) is 4.24. The highest BCUT2D eigenvalue weighted by Crippen LogP contribution is 2.43. The number of nitrogens with zero attached hydrogens (tertiary/aromatic N) is 1. The number of ether oxygens (including phenoxy) is 1. The Morgan fingerprint density at radius 2 is 1.76 bits per heavy atom. The highest BCUT2D eigenvalue weighted by Gasteiger charge is 2.43. The number of rotatable bonds is 3. The van der Waals surface area contributed by atoms with Crippen LogP contribution in [-0.4, -0.2) is 26.7 Å². The van der Waals surface area contributed by atoms with Crippen LogP contribution in [0.3, 0.4) is 0 Å². The highest BCUT2D eigenvalue weighted by atomic mass is 32.2. The zero-order valence-electron chi connectivity index (χ0n) is 13.7. The van der Waals surface area contributed by atoms with Gasteiger partial charge >= 0.3 is 5.97 Å². The van der Waals surface area contributed by atoms with Gasteiger partial charge in [-0.05, 0) is 72.1 Å². The standard InChI is InChI=1S/C16H27NO3S/c1-10(2)20-15(18)13-8-11-6-7-12(9-13)14(11)17-21(19)16(3,4)5/h10-13H,6-9H2,1-5H3. The average molecular weight is 313 g/mol. The monoisotopic (exact) mass is 313 g/mol. The van der Waals surface area contributed by atoms with Crippen molar-refractivity contribution in [1.82, 2.24) is 0 Å². The number of hydrogen-bond donors (Lipinski definition) is 0.